The molecule has 0 spiro atoms. The van der Waals surface area contributed by atoms with Gasteiger partial charge >= 0.3 is 0 Å². The Kier molecular flexibility index (Phi) is 3.14. The van der Waals surface area contributed by atoms with Crippen molar-refractivity contribution in [3.05, 3.63) is 0 Å². The number of ether oxygens (including phenoxy) is 1. The number of aliphatic hydroxyl groups is 1. The molecule has 3 heteroatoms. The molecule has 2 unspecified atom stereocenters. The Morgan fingerprint density at radius 2 is 2.40 bits per heavy atom. The van der Waals surface area contributed by atoms with Crippen LogP contribution >= 0.6 is 15.9 Å². The minimum atomic E-state index is -0.329. The SMILES string of the molecule is C[C@@H]1CCC(C(O)CBr)O1. The highest BCUT2D eigenvalue weighted by molar-refractivity contribution is 9.09. The van der Waals surface area contributed by atoms with Gasteiger partial charge in [0.15, 0.2) is 0 Å². The number of hydrogen-bond donors (Lipinski definition) is 1. The van der Waals surface area contributed by atoms with Crippen molar-refractivity contribution in [2.24, 2.45) is 0 Å². The van der Waals surface area contributed by atoms with Crippen LogP contribution in [0.5, 0.6) is 0 Å². The summed E-state index contributed by atoms with van der Waals surface area (Å²) in [7, 11) is 0. The van der Waals surface area contributed by atoms with E-state index in [0.29, 0.717) is 11.4 Å². The second kappa shape index (κ2) is 3.69. The fourth-order valence-corrected chi connectivity index (χ4v) is 1.63. The molecule has 1 aliphatic rings. The summed E-state index contributed by atoms with van der Waals surface area (Å²) in [6.45, 7) is 2.04. The average Bonchev–Trinajstić information content (AvgIpc) is 2.34. The second-order valence-electron chi connectivity index (χ2n) is 2.78. The first-order valence-electron chi connectivity index (χ1n) is 3.63. The molecule has 1 aliphatic heterocycles. The maximum atomic E-state index is 9.30. The van der Waals surface area contributed by atoms with Gasteiger partial charge < -0.3 is 9.84 Å². The number of rotatable bonds is 2. The van der Waals surface area contributed by atoms with Crippen LogP contribution in [0.25, 0.3) is 0 Å². The smallest absolute Gasteiger partial charge is 0.0898 e. The van der Waals surface area contributed by atoms with Crippen molar-refractivity contribution in [1.29, 1.82) is 0 Å². The Morgan fingerprint density at radius 1 is 1.70 bits per heavy atom. The molecule has 0 amide bonds. The van der Waals surface area contributed by atoms with E-state index in [9.17, 15) is 5.11 Å². The molecule has 2 nitrogen and oxygen atoms in total. The number of hydrogen-bond acceptors (Lipinski definition) is 2. The van der Waals surface area contributed by atoms with Crippen molar-refractivity contribution in [3.63, 3.8) is 0 Å². The summed E-state index contributed by atoms with van der Waals surface area (Å²) in [5.74, 6) is 0. The van der Waals surface area contributed by atoms with Crippen LogP contribution in [0.15, 0.2) is 0 Å². The molecule has 0 aromatic heterocycles. The van der Waals surface area contributed by atoms with E-state index >= 15 is 0 Å². The van der Waals surface area contributed by atoms with Gasteiger partial charge in [0.2, 0.25) is 0 Å². The van der Waals surface area contributed by atoms with E-state index in [2.05, 4.69) is 15.9 Å². The first-order chi connectivity index (χ1) is 4.74. The van der Waals surface area contributed by atoms with E-state index in [1.54, 1.807) is 0 Å². The first-order valence-corrected chi connectivity index (χ1v) is 4.75. The van der Waals surface area contributed by atoms with Gasteiger partial charge in [-0.25, -0.2) is 0 Å². The summed E-state index contributed by atoms with van der Waals surface area (Å²) in [5.41, 5.74) is 0. The Bertz CT molecular complexity index is 108. The van der Waals surface area contributed by atoms with Gasteiger partial charge in [-0.15, -0.1) is 0 Å². The molecule has 10 heavy (non-hydrogen) atoms. The maximum Gasteiger partial charge on any atom is 0.0898 e. The van der Waals surface area contributed by atoms with E-state index in [4.69, 9.17) is 4.74 Å². The lowest BCUT2D eigenvalue weighted by Gasteiger charge is -2.15. The Morgan fingerprint density at radius 3 is 2.80 bits per heavy atom. The summed E-state index contributed by atoms with van der Waals surface area (Å²) < 4.78 is 5.43. The van der Waals surface area contributed by atoms with Crippen molar-refractivity contribution < 1.29 is 9.84 Å². The van der Waals surface area contributed by atoms with Crippen molar-refractivity contribution in [1.82, 2.24) is 0 Å². The second-order valence-corrected chi connectivity index (χ2v) is 3.43. The van der Waals surface area contributed by atoms with Gasteiger partial charge in [-0.2, -0.15) is 0 Å². The van der Waals surface area contributed by atoms with Crippen LogP contribution in [0.4, 0.5) is 0 Å². The molecule has 0 aromatic rings. The summed E-state index contributed by atoms with van der Waals surface area (Å²) in [6, 6.07) is 0. The minimum absolute atomic E-state index is 0.0642. The zero-order valence-corrected chi connectivity index (χ0v) is 7.67. The number of alkyl halides is 1. The van der Waals surface area contributed by atoms with Crippen LogP contribution in [0.1, 0.15) is 19.8 Å². The van der Waals surface area contributed by atoms with E-state index in [-0.39, 0.29) is 12.2 Å². The number of halogens is 1. The predicted octanol–water partition coefficient (Wildman–Crippen LogP) is 1.31. The summed E-state index contributed by atoms with van der Waals surface area (Å²) >= 11 is 3.21. The Labute approximate surface area is 69.7 Å². The van der Waals surface area contributed by atoms with Gasteiger partial charge in [-0.3, -0.25) is 0 Å². The van der Waals surface area contributed by atoms with Crippen molar-refractivity contribution in [2.45, 2.75) is 38.1 Å². The first kappa shape index (κ1) is 8.50. The predicted molar refractivity (Wildman–Crippen MR) is 43.4 cm³/mol. The van der Waals surface area contributed by atoms with Crippen LogP contribution in [0.3, 0.4) is 0 Å². The van der Waals surface area contributed by atoms with E-state index < -0.39 is 0 Å². The lowest BCUT2D eigenvalue weighted by atomic mass is 10.1. The zero-order chi connectivity index (χ0) is 7.56. The highest BCUT2D eigenvalue weighted by Crippen LogP contribution is 2.22. The summed E-state index contributed by atoms with van der Waals surface area (Å²) in [5, 5.41) is 9.92. The van der Waals surface area contributed by atoms with Crippen molar-refractivity contribution >= 4 is 15.9 Å². The zero-order valence-electron chi connectivity index (χ0n) is 6.09. The summed E-state index contributed by atoms with van der Waals surface area (Å²) in [4.78, 5) is 0. The van der Waals surface area contributed by atoms with E-state index in [1.165, 1.54) is 0 Å². The van der Waals surface area contributed by atoms with Crippen LogP contribution in [-0.2, 0) is 4.74 Å². The van der Waals surface area contributed by atoms with Crippen molar-refractivity contribution in [3.8, 4) is 0 Å². The third-order valence-electron chi connectivity index (χ3n) is 1.85. The normalized spacial score (nSPS) is 36.3. The molecule has 1 fully saturated rings. The molecule has 0 aromatic carbocycles. The summed E-state index contributed by atoms with van der Waals surface area (Å²) in [6.07, 6.45) is 2.14. The fourth-order valence-electron chi connectivity index (χ4n) is 1.22. The standard InChI is InChI=1S/C7H13BrO2/c1-5-2-3-7(10-5)6(9)4-8/h5-7,9H,2-4H2,1H3/t5-,6?,7?/m1/s1. The molecule has 1 N–H and O–H groups in total. The number of aliphatic hydroxyl groups excluding tert-OH is 1. The van der Waals surface area contributed by atoms with Gasteiger partial charge in [-0.05, 0) is 19.8 Å². The average molecular weight is 209 g/mol. The molecule has 0 radical (unpaired) electrons. The van der Waals surface area contributed by atoms with Crippen LogP contribution in [0.2, 0.25) is 0 Å². The highest BCUT2D eigenvalue weighted by Gasteiger charge is 2.27. The Hall–Kier alpha value is 0.400. The molecular weight excluding hydrogens is 196 g/mol. The molecule has 1 heterocycles. The molecule has 1 rings (SSSR count). The van der Waals surface area contributed by atoms with E-state index in [0.717, 1.165) is 12.8 Å². The topological polar surface area (TPSA) is 29.5 Å². The van der Waals surface area contributed by atoms with Crippen molar-refractivity contribution in [2.75, 3.05) is 5.33 Å². The van der Waals surface area contributed by atoms with Crippen LogP contribution in [-0.4, -0.2) is 28.7 Å². The van der Waals surface area contributed by atoms with Gasteiger partial charge in [-0.1, -0.05) is 15.9 Å². The maximum absolute atomic E-state index is 9.30. The molecule has 3 atom stereocenters. The van der Waals surface area contributed by atoms with E-state index in [1.807, 2.05) is 6.92 Å². The lowest BCUT2D eigenvalue weighted by molar-refractivity contribution is -0.0179. The fraction of sp³-hybridized carbons (Fsp3) is 1.00. The molecular formula is C7H13BrO2. The Balaban J connectivity index is 2.29. The lowest BCUT2D eigenvalue weighted by Crippen LogP contribution is -2.27. The van der Waals surface area contributed by atoms with Crippen LogP contribution < -0.4 is 0 Å². The van der Waals surface area contributed by atoms with Gasteiger partial charge in [0.05, 0.1) is 18.3 Å². The highest BCUT2D eigenvalue weighted by atomic mass is 79.9. The monoisotopic (exact) mass is 208 g/mol. The third kappa shape index (κ3) is 1.94. The van der Waals surface area contributed by atoms with Gasteiger partial charge in [0.1, 0.15) is 0 Å². The molecule has 0 bridgehead atoms. The molecule has 0 aliphatic carbocycles. The molecule has 0 saturated carbocycles. The van der Waals surface area contributed by atoms with Gasteiger partial charge in [0, 0.05) is 5.33 Å². The van der Waals surface area contributed by atoms with Crippen LogP contribution in [0, 0.1) is 0 Å². The minimum Gasteiger partial charge on any atom is -0.390 e. The molecule has 1 saturated heterocycles. The van der Waals surface area contributed by atoms with Gasteiger partial charge in [0.25, 0.3) is 0 Å². The quantitative estimate of drug-likeness (QED) is 0.694. The molecule has 60 valence electrons. The largest absolute Gasteiger partial charge is 0.390 e. The third-order valence-corrected chi connectivity index (χ3v) is 2.52.